The molecule has 1 aromatic carbocycles. The Labute approximate surface area is 159 Å². The number of carbonyl (C=O) groups is 1. The highest BCUT2D eigenvalue weighted by atomic mass is 35.5. The van der Waals surface area contributed by atoms with E-state index in [0.29, 0.717) is 11.3 Å². The van der Waals surface area contributed by atoms with Gasteiger partial charge in [-0.2, -0.15) is 0 Å². The molecule has 0 saturated carbocycles. The molecule has 0 saturated heterocycles. The smallest absolute Gasteiger partial charge is 0.269 e. The number of aromatic nitrogens is 3. The van der Waals surface area contributed by atoms with Gasteiger partial charge < -0.3 is 4.57 Å². The Kier molecular flexibility index (Phi) is 5.22. The number of hydrogen-bond acceptors (Lipinski definition) is 5. The van der Waals surface area contributed by atoms with Gasteiger partial charge in [-0.3, -0.25) is 15.2 Å². The number of aryl methyl sites for hydroxylation is 1. The minimum absolute atomic E-state index is 0.161. The molecule has 3 aromatic rings. The third-order valence-electron chi connectivity index (χ3n) is 3.52. The summed E-state index contributed by atoms with van der Waals surface area (Å²) in [5.41, 5.74) is 2.41. The van der Waals surface area contributed by atoms with E-state index in [-0.39, 0.29) is 9.92 Å². The van der Waals surface area contributed by atoms with Gasteiger partial charge in [-0.1, -0.05) is 11.6 Å². The lowest BCUT2D eigenvalue weighted by Gasteiger charge is -2.10. The van der Waals surface area contributed by atoms with Gasteiger partial charge in [-0.05, 0) is 24.3 Å². The number of sulfonamides is 1. The van der Waals surface area contributed by atoms with Gasteiger partial charge in [-0.25, -0.2) is 17.8 Å². The topological polar surface area (TPSA) is 106 Å². The molecule has 27 heavy (non-hydrogen) atoms. The van der Waals surface area contributed by atoms with Crippen LogP contribution in [0.15, 0.2) is 54.1 Å². The van der Waals surface area contributed by atoms with Crippen LogP contribution in [0.1, 0.15) is 10.4 Å². The summed E-state index contributed by atoms with van der Waals surface area (Å²) in [6.45, 7) is 0. The number of nitrogens with zero attached hydrogens (tertiary/aromatic N) is 3. The van der Waals surface area contributed by atoms with Gasteiger partial charge in [0.05, 0.1) is 22.6 Å². The summed E-state index contributed by atoms with van der Waals surface area (Å²) in [5, 5.41) is -0.293. The van der Waals surface area contributed by atoms with Crippen molar-refractivity contribution in [2.45, 2.75) is 4.90 Å². The molecule has 0 aliphatic carbocycles. The van der Waals surface area contributed by atoms with Crippen molar-refractivity contribution in [2.24, 2.45) is 7.05 Å². The molecule has 2 heterocycles. The SMILES string of the molecule is Cn1cnc(-c2cc(Cl)c(F)c(C(=O)NNS(=O)(=O)c3cccnc3)c2)c1. The van der Waals surface area contributed by atoms with Crippen molar-refractivity contribution in [1.82, 2.24) is 24.8 Å². The highest BCUT2D eigenvalue weighted by Gasteiger charge is 2.20. The Bertz CT molecular complexity index is 1100. The summed E-state index contributed by atoms with van der Waals surface area (Å²) in [7, 11) is -2.31. The van der Waals surface area contributed by atoms with E-state index in [1.165, 1.54) is 36.8 Å². The first kappa shape index (κ1) is 19.0. The first-order valence-corrected chi connectivity index (χ1v) is 9.33. The van der Waals surface area contributed by atoms with Crippen LogP contribution in [0.25, 0.3) is 11.3 Å². The molecule has 0 fully saturated rings. The van der Waals surface area contributed by atoms with Gasteiger partial charge in [0.15, 0.2) is 5.82 Å². The van der Waals surface area contributed by atoms with Crippen molar-refractivity contribution >= 4 is 27.5 Å². The van der Waals surface area contributed by atoms with Crippen LogP contribution in [0.4, 0.5) is 4.39 Å². The monoisotopic (exact) mass is 409 g/mol. The molecule has 2 N–H and O–H groups in total. The van der Waals surface area contributed by atoms with Crippen LogP contribution in [0.3, 0.4) is 0 Å². The van der Waals surface area contributed by atoms with Crippen LogP contribution >= 0.6 is 11.6 Å². The number of rotatable bonds is 5. The van der Waals surface area contributed by atoms with E-state index in [0.717, 1.165) is 6.20 Å². The molecular weight excluding hydrogens is 397 g/mol. The Morgan fingerprint density at radius 3 is 2.74 bits per heavy atom. The van der Waals surface area contributed by atoms with Crippen molar-refractivity contribution in [3.63, 3.8) is 0 Å². The number of amides is 1. The molecule has 11 heteroatoms. The van der Waals surface area contributed by atoms with Crippen molar-refractivity contribution in [3.05, 3.63) is 65.6 Å². The predicted molar refractivity (Wildman–Crippen MR) is 95.6 cm³/mol. The van der Waals surface area contributed by atoms with Gasteiger partial charge in [-0.15, -0.1) is 4.83 Å². The first-order chi connectivity index (χ1) is 12.8. The van der Waals surface area contributed by atoms with Crippen LogP contribution in [-0.2, 0) is 17.1 Å². The summed E-state index contributed by atoms with van der Waals surface area (Å²) in [5.74, 6) is -1.99. The van der Waals surface area contributed by atoms with Crippen molar-refractivity contribution in [3.8, 4) is 11.3 Å². The maximum absolute atomic E-state index is 14.3. The minimum atomic E-state index is -4.06. The van der Waals surface area contributed by atoms with E-state index < -0.39 is 27.3 Å². The molecule has 0 bridgehead atoms. The Hall–Kier alpha value is -2.82. The molecule has 0 radical (unpaired) electrons. The van der Waals surface area contributed by atoms with Crippen molar-refractivity contribution in [2.75, 3.05) is 0 Å². The van der Waals surface area contributed by atoms with E-state index in [1.54, 1.807) is 17.8 Å². The van der Waals surface area contributed by atoms with Gasteiger partial charge in [0.2, 0.25) is 0 Å². The van der Waals surface area contributed by atoms with Gasteiger partial charge in [0, 0.05) is 31.2 Å². The molecule has 0 aliphatic rings. The van der Waals surface area contributed by atoms with E-state index in [1.807, 2.05) is 10.3 Å². The van der Waals surface area contributed by atoms with Crippen LogP contribution < -0.4 is 10.3 Å². The number of benzene rings is 1. The fourth-order valence-corrected chi connectivity index (χ4v) is 3.23. The highest BCUT2D eigenvalue weighted by molar-refractivity contribution is 7.89. The van der Waals surface area contributed by atoms with E-state index in [9.17, 15) is 17.6 Å². The number of imidazole rings is 1. The average Bonchev–Trinajstić information content (AvgIpc) is 3.09. The average molecular weight is 410 g/mol. The molecule has 0 spiro atoms. The summed E-state index contributed by atoms with van der Waals surface area (Å²) in [6, 6.07) is 5.28. The number of carbonyl (C=O) groups excluding carboxylic acids is 1. The molecule has 2 aromatic heterocycles. The van der Waals surface area contributed by atoms with E-state index in [2.05, 4.69) is 9.97 Å². The third-order valence-corrected chi connectivity index (χ3v) is 5.03. The lowest BCUT2D eigenvalue weighted by atomic mass is 10.1. The van der Waals surface area contributed by atoms with Crippen LogP contribution in [0.5, 0.6) is 0 Å². The van der Waals surface area contributed by atoms with Gasteiger partial charge in [0.25, 0.3) is 15.9 Å². The second-order valence-electron chi connectivity index (χ2n) is 5.49. The second-order valence-corrected chi connectivity index (χ2v) is 7.58. The fourth-order valence-electron chi connectivity index (χ4n) is 2.21. The number of halogens is 2. The highest BCUT2D eigenvalue weighted by Crippen LogP contribution is 2.27. The van der Waals surface area contributed by atoms with Gasteiger partial charge >= 0.3 is 0 Å². The third kappa shape index (κ3) is 4.13. The lowest BCUT2D eigenvalue weighted by Crippen LogP contribution is -2.41. The molecule has 8 nitrogen and oxygen atoms in total. The predicted octanol–water partition coefficient (Wildman–Crippen LogP) is 1.90. The van der Waals surface area contributed by atoms with E-state index in [4.69, 9.17) is 11.6 Å². The van der Waals surface area contributed by atoms with Crippen LogP contribution in [0.2, 0.25) is 5.02 Å². The summed E-state index contributed by atoms with van der Waals surface area (Å²) in [4.78, 5) is 21.8. The lowest BCUT2D eigenvalue weighted by molar-refractivity contribution is 0.0941. The number of nitrogens with one attached hydrogen (secondary N) is 2. The minimum Gasteiger partial charge on any atom is -0.340 e. The van der Waals surface area contributed by atoms with Crippen LogP contribution in [0, 0.1) is 5.82 Å². The molecular formula is C16H13ClFN5O3S. The van der Waals surface area contributed by atoms with Crippen molar-refractivity contribution < 1.29 is 17.6 Å². The Morgan fingerprint density at radius 1 is 1.33 bits per heavy atom. The normalized spacial score (nSPS) is 11.4. The number of hydrazine groups is 1. The second kappa shape index (κ2) is 7.43. The quantitative estimate of drug-likeness (QED) is 0.626. The molecule has 3 rings (SSSR count). The zero-order valence-corrected chi connectivity index (χ0v) is 15.4. The Balaban J connectivity index is 1.85. The zero-order valence-electron chi connectivity index (χ0n) is 13.8. The van der Waals surface area contributed by atoms with Gasteiger partial charge in [0.1, 0.15) is 4.90 Å². The van der Waals surface area contributed by atoms with E-state index >= 15 is 0 Å². The maximum atomic E-state index is 14.3. The molecule has 140 valence electrons. The molecule has 1 amide bonds. The number of pyridine rings is 1. The largest absolute Gasteiger partial charge is 0.340 e. The fraction of sp³-hybridized carbons (Fsp3) is 0.0625. The summed E-state index contributed by atoms with van der Waals surface area (Å²) < 4.78 is 40.2. The Morgan fingerprint density at radius 2 is 2.11 bits per heavy atom. The number of hydrogen-bond donors (Lipinski definition) is 2. The first-order valence-electron chi connectivity index (χ1n) is 7.47. The molecule has 0 aliphatic heterocycles. The summed E-state index contributed by atoms with van der Waals surface area (Å²) in [6.07, 6.45) is 5.70. The van der Waals surface area contributed by atoms with Crippen molar-refractivity contribution in [1.29, 1.82) is 0 Å². The molecule has 0 unspecified atom stereocenters. The molecule has 0 atom stereocenters. The standard InChI is InChI=1S/C16H13ClFN5O3S/c1-23-8-14(20-9-23)10-5-12(15(18)13(17)6-10)16(24)21-22-27(25,26)11-3-2-4-19-7-11/h2-9,22H,1H3,(H,21,24). The van der Waals surface area contributed by atoms with Crippen LogP contribution in [-0.4, -0.2) is 28.9 Å². The maximum Gasteiger partial charge on any atom is 0.269 e. The zero-order chi connectivity index (χ0) is 19.6. The summed E-state index contributed by atoms with van der Waals surface area (Å²) >= 11 is 5.87.